The Hall–Kier alpha value is -3.45. The summed E-state index contributed by atoms with van der Waals surface area (Å²) in [6.07, 6.45) is 5.81. The van der Waals surface area contributed by atoms with E-state index in [0.717, 1.165) is 92.8 Å². The molecule has 12 heteroatoms. The summed E-state index contributed by atoms with van der Waals surface area (Å²) >= 11 is 1.73. The number of likely N-dealkylation sites (tertiary alicyclic amines) is 1. The zero-order chi connectivity index (χ0) is 35.4. The van der Waals surface area contributed by atoms with Crippen molar-refractivity contribution in [3.05, 3.63) is 59.2 Å². The molecule has 1 atom stereocenters. The summed E-state index contributed by atoms with van der Waals surface area (Å²) in [6.45, 7) is 10.4. The summed E-state index contributed by atoms with van der Waals surface area (Å²) in [6, 6.07) is 13.9. The normalized spacial score (nSPS) is 17.3. The lowest BCUT2D eigenvalue weighted by Crippen LogP contribution is -2.44. The molecule has 268 valence electrons. The van der Waals surface area contributed by atoms with Crippen LogP contribution in [0, 0.1) is 0 Å². The SMILES string of the molecule is CNC(=O)CCC(C=O)N(C)Cc1cc(CN2CCC(Oc3cccc(SN4CCC(NC(=O)OC(C)(C)C)CC4)c3)CC2)ccc1C=O. The number of aldehydes is 2. The van der Waals surface area contributed by atoms with E-state index >= 15 is 0 Å². The summed E-state index contributed by atoms with van der Waals surface area (Å²) in [4.78, 5) is 52.8. The molecule has 2 fully saturated rings. The van der Waals surface area contributed by atoms with E-state index < -0.39 is 11.6 Å². The van der Waals surface area contributed by atoms with E-state index in [2.05, 4.69) is 38.0 Å². The number of piperidine rings is 2. The monoisotopic (exact) mass is 695 g/mol. The Labute approximate surface area is 295 Å². The van der Waals surface area contributed by atoms with Gasteiger partial charge in [0.15, 0.2) is 0 Å². The second-order valence-corrected chi connectivity index (χ2v) is 15.2. The summed E-state index contributed by atoms with van der Waals surface area (Å²) in [5, 5.41) is 5.59. The number of nitrogens with one attached hydrogen (secondary N) is 2. The fourth-order valence-electron chi connectivity index (χ4n) is 6.15. The van der Waals surface area contributed by atoms with Crippen LogP contribution in [0.5, 0.6) is 5.75 Å². The average molecular weight is 696 g/mol. The molecule has 2 aliphatic rings. The quantitative estimate of drug-likeness (QED) is 0.193. The van der Waals surface area contributed by atoms with E-state index in [1.165, 1.54) is 0 Å². The van der Waals surface area contributed by atoms with Crippen LogP contribution in [-0.4, -0.2) is 103 Å². The van der Waals surface area contributed by atoms with Gasteiger partial charge in [-0.2, -0.15) is 0 Å². The van der Waals surface area contributed by atoms with Crippen LogP contribution < -0.4 is 15.4 Å². The molecule has 0 bridgehead atoms. The maximum absolute atomic E-state index is 12.1. The van der Waals surface area contributed by atoms with Gasteiger partial charge in [-0.25, -0.2) is 9.10 Å². The van der Waals surface area contributed by atoms with Crippen LogP contribution in [0.25, 0.3) is 0 Å². The van der Waals surface area contributed by atoms with Crippen molar-refractivity contribution in [2.75, 3.05) is 40.3 Å². The number of amides is 2. The molecule has 0 aliphatic carbocycles. The van der Waals surface area contributed by atoms with E-state index in [-0.39, 0.29) is 30.6 Å². The first-order valence-electron chi connectivity index (χ1n) is 17.3. The average Bonchev–Trinajstić information content (AvgIpc) is 3.06. The van der Waals surface area contributed by atoms with Crippen molar-refractivity contribution >= 4 is 36.5 Å². The van der Waals surface area contributed by atoms with Gasteiger partial charge in [0.25, 0.3) is 0 Å². The Morgan fingerprint density at radius 1 is 1.04 bits per heavy atom. The molecule has 1 unspecified atom stereocenters. The van der Waals surface area contributed by atoms with Crippen LogP contribution in [0.4, 0.5) is 4.79 Å². The second kappa shape index (κ2) is 18.5. The van der Waals surface area contributed by atoms with Crippen molar-refractivity contribution in [3.63, 3.8) is 0 Å². The number of alkyl carbamates (subject to hydrolysis) is 1. The summed E-state index contributed by atoms with van der Waals surface area (Å²) in [5.41, 5.74) is 2.11. The first-order chi connectivity index (χ1) is 23.4. The first-order valence-corrected chi connectivity index (χ1v) is 18.1. The van der Waals surface area contributed by atoms with Crippen LogP contribution >= 0.6 is 11.9 Å². The number of benzene rings is 2. The molecule has 0 saturated carbocycles. The van der Waals surface area contributed by atoms with Gasteiger partial charge in [0.05, 0.1) is 6.04 Å². The largest absolute Gasteiger partial charge is 0.490 e. The van der Waals surface area contributed by atoms with E-state index in [1.54, 1.807) is 19.0 Å². The molecule has 0 radical (unpaired) electrons. The Balaban J connectivity index is 1.22. The molecule has 2 aromatic rings. The van der Waals surface area contributed by atoms with Gasteiger partial charge < -0.3 is 24.9 Å². The highest BCUT2D eigenvalue weighted by Gasteiger charge is 2.25. The summed E-state index contributed by atoms with van der Waals surface area (Å²) in [7, 11) is 3.43. The molecule has 0 spiro atoms. The lowest BCUT2D eigenvalue weighted by molar-refractivity contribution is -0.121. The Bertz CT molecular complexity index is 1400. The van der Waals surface area contributed by atoms with Gasteiger partial charge in [-0.05, 0) is 101 Å². The zero-order valence-corrected chi connectivity index (χ0v) is 30.4. The first kappa shape index (κ1) is 38.4. The van der Waals surface area contributed by atoms with E-state index in [4.69, 9.17) is 9.47 Å². The van der Waals surface area contributed by atoms with Crippen molar-refractivity contribution in [3.8, 4) is 5.75 Å². The molecule has 2 aromatic carbocycles. The molecule has 2 heterocycles. The maximum Gasteiger partial charge on any atom is 0.407 e. The van der Waals surface area contributed by atoms with Gasteiger partial charge >= 0.3 is 6.09 Å². The van der Waals surface area contributed by atoms with E-state index in [9.17, 15) is 19.2 Å². The Morgan fingerprint density at radius 3 is 2.43 bits per heavy atom. The van der Waals surface area contributed by atoms with Gasteiger partial charge in [-0.15, -0.1) is 0 Å². The highest BCUT2D eigenvalue weighted by atomic mass is 32.2. The van der Waals surface area contributed by atoms with Crippen molar-refractivity contribution in [1.82, 2.24) is 24.7 Å². The summed E-state index contributed by atoms with van der Waals surface area (Å²) < 4.78 is 14.2. The predicted molar refractivity (Wildman–Crippen MR) is 192 cm³/mol. The van der Waals surface area contributed by atoms with Gasteiger partial charge in [0, 0.05) is 69.2 Å². The van der Waals surface area contributed by atoms with Crippen LogP contribution in [0.1, 0.15) is 80.8 Å². The number of carbonyl (C=O) groups is 4. The number of hydrogen-bond acceptors (Lipinski definition) is 10. The lowest BCUT2D eigenvalue weighted by Gasteiger charge is -2.33. The predicted octanol–water partition coefficient (Wildman–Crippen LogP) is 5.06. The molecule has 2 N–H and O–H groups in total. The van der Waals surface area contributed by atoms with Gasteiger partial charge in [-0.1, -0.05) is 24.3 Å². The number of nitrogens with zero attached hydrogens (tertiary/aromatic N) is 3. The summed E-state index contributed by atoms with van der Waals surface area (Å²) in [5.74, 6) is 0.782. The van der Waals surface area contributed by atoms with Crippen molar-refractivity contribution in [2.24, 2.45) is 0 Å². The third kappa shape index (κ3) is 12.7. The topological polar surface area (TPSA) is 121 Å². The van der Waals surface area contributed by atoms with Crippen molar-refractivity contribution in [1.29, 1.82) is 0 Å². The van der Waals surface area contributed by atoms with Crippen LogP contribution in [0.15, 0.2) is 47.4 Å². The molecular weight excluding hydrogens is 643 g/mol. The van der Waals surface area contributed by atoms with Gasteiger partial charge in [-0.3, -0.25) is 19.4 Å². The fraction of sp³-hybridized carbons (Fsp3) is 0.568. The number of hydrogen-bond donors (Lipinski definition) is 2. The minimum atomic E-state index is -0.500. The number of rotatable bonds is 15. The molecule has 2 aliphatic heterocycles. The number of carbonyl (C=O) groups excluding carboxylic acids is 4. The van der Waals surface area contributed by atoms with Crippen LogP contribution in [-0.2, 0) is 27.4 Å². The van der Waals surface area contributed by atoms with Gasteiger partial charge in [0.2, 0.25) is 5.91 Å². The number of likely N-dealkylation sites (N-methyl/N-ethyl adjacent to an activating group) is 1. The molecular formula is C37H53N5O6S. The zero-order valence-electron chi connectivity index (χ0n) is 29.6. The fourth-order valence-corrected chi connectivity index (χ4v) is 7.15. The lowest BCUT2D eigenvalue weighted by atomic mass is 10.0. The second-order valence-electron chi connectivity index (χ2n) is 14.0. The van der Waals surface area contributed by atoms with Crippen LogP contribution in [0.2, 0.25) is 0 Å². The third-order valence-electron chi connectivity index (χ3n) is 8.88. The molecule has 4 rings (SSSR count). The van der Waals surface area contributed by atoms with Crippen molar-refractivity contribution in [2.45, 2.75) is 101 Å². The molecule has 11 nitrogen and oxygen atoms in total. The minimum absolute atomic E-state index is 0.100. The maximum atomic E-state index is 12.1. The third-order valence-corrected chi connectivity index (χ3v) is 9.97. The molecule has 2 saturated heterocycles. The highest BCUT2D eigenvalue weighted by Crippen LogP contribution is 2.30. The highest BCUT2D eigenvalue weighted by molar-refractivity contribution is 7.97. The Morgan fingerprint density at radius 2 is 1.78 bits per heavy atom. The molecule has 2 amide bonds. The number of ether oxygens (including phenoxy) is 2. The smallest absolute Gasteiger partial charge is 0.407 e. The standard InChI is InChI=1S/C37H53N5O6S/c1-37(2,3)48-36(46)39-30-13-19-42(20-14-30)49-34-8-6-7-33(22-34)47-32-15-17-41(18-16-32)23-27-9-10-28(25-43)29(21-27)24-40(5)31(26-44)11-12-35(45)38-4/h6-10,21-22,25-26,30-32H,11-20,23-24H2,1-5H3,(H,38,45)(H,39,46). The van der Waals surface area contributed by atoms with E-state index in [1.807, 2.05) is 57.0 Å². The molecule has 0 aromatic heterocycles. The Kier molecular flexibility index (Phi) is 14.5. The van der Waals surface area contributed by atoms with Crippen LogP contribution in [0.3, 0.4) is 0 Å². The molecule has 49 heavy (non-hydrogen) atoms. The van der Waals surface area contributed by atoms with Gasteiger partial charge in [0.1, 0.15) is 30.0 Å². The van der Waals surface area contributed by atoms with Crippen molar-refractivity contribution < 1.29 is 28.7 Å². The minimum Gasteiger partial charge on any atom is -0.490 e. The van der Waals surface area contributed by atoms with E-state index in [0.29, 0.717) is 18.5 Å².